The minimum absolute atomic E-state index is 0.000605. The van der Waals surface area contributed by atoms with E-state index in [-0.39, 0.29) is 35.1 Å². The van der Waals surface area contributed by atoms with Crippen LogP contribution in [0.5, 0.6) is 0 Å². The number of carbonyl (C=O) groups excluding carboxylic acids is 1. The Morgan fingerprint density at radius 3 is 2.48 bits per heavy atom. The summed E-state index contributed by atoms with van der Waals surface area (Å²) in [5, 5.41) is 0. The van der Waals surface area contributed by atoms with Crippen LogP contribution in [-0.4, -0.2) is 24.3 Å². The number of nitrogens with zero attached hydrogens (tertiary/aromatic N) is 3. The number of hydrogen-bond acceptors (Lipinski definition) is 6. The van der Waals surface area contributed by atoms with E-state index >= 15 is 0 Å². The third kappa shape index (κ3) is 5.32. The molecule has 1 heterocycles. The van der Waals surface area contributed by atoms with Crippen LogP contribution in [-0.2, 0) is 27.8 Å². The lowest BCUT2D eigenvalue weighted by Gasteiger charge is -2.25. The molecule has 3 N–H and O–H groups in total. The standard InChI is InChI=1S/C30H28FN5O3S/c31-22-8-11-24(12-9-22)40(38,39)35-28-13-7-21-6-10-23(14-26(21)28)36(18-19-16-33-30(32)34-17-19)29(37)27-15-25(27)20-4-2-1-3-5-20/h1-6,8-12,14,16-17,25,27-28,35H,7,13,15,18H2,(H2,32,33,34). The van der Waals surface area contributed by atoms with E-state index in [0.717, 1.165) is 40.8 Å². The van der Waals surface area contributed by atoms with Crippen molar-refractivity contribution in [2.45, 2.75) is 42.7 Å². The molecule has 3 unspecified atom stereocenters. The molecule has 4 aromatic rings. The predicted octanol–water partition coefficient (Wildman–Crippen LogP) is 4.50. The second-order valence-corrected chi connectivity index (χ2v) is 12.0. The lowest BCUT2D eigenvalue weighted by Crippen LogP contribution is -2.32. The maximum atomic E-state index is 13.9. The van der Waals surface area contributed by atoms with E-state index in [2.05, 4.69) is 14.7 Å². The Morgan fingerprint density at radius 2 is 1.75 bits per heavy atom. The van der Waals surface area contributed by atoms with Gasteiger partial charge < -0.3 is 10.6 Å². The second kappa shape index (κ2) is 10.4. The molecular weight excluding hydrogens is 529 g/mol. The number of nitrogen functional groups attached to an aromatic ring is 1. The molecule has 0 radical (unpaired) electrons. The number of amides is 1. The number of nitrogens with two attached hydrogens (primary N) is 1. The number of anilines is 2. The Hall–Kier alpha value is -4.15. The minimum atomic E-state index is -3.87. The zero-order valence-electron chi connectivity index (χ0n) is 21.6. The molecule has 1 fully saturated rings. The van der Waals surface area contributed by atoms with Crippen LogP contribution < -0.4 is 15.4 Å². The molecule has 1 saturated carbocycles. The first kappa shape index (κ1) is 26.1. The van der Waals surface area contributed by atoms with Crippen LogP contribution in [0.1, 0.15) is 47.1 Å². The maximum Gasteiger partial charge on any atom is 0.241 e. The highest BCUT2D eigenvalue weighted by atomic mass is 32.2. The van der Waals surface area contributed by atoms with Crippen molar-refractivity contribution >= 4 is 27.6 Å². The Kier molecular flexibility index (Phi) is 6.81. The van der Waals surface area contributed by atoms with E-state index in [0.29, 0.717) is 18.5 Å². The Bertz CT molecular complexity index is 1650. The average Bonchev–Trinajstić information content (AvgIpc) is 3.68. The summed E-state index contributed by atoms with van der Waals surface area (Å²) in [4.78, 5) is 23.8. The highest BCUT2D eigenvalue weighted by molar-refractivity contribution is 7.89. The Labute approximate surface area is 232 Å². The molecule has 0 aliphatic heterocycles. The van der Waals surface area contributed by atoms with Crippen molar-refractivity contribution in [2.24, 2.45) is 5.92 Å². The van der Waals surface area contributed by atoms with Gasteiger partial charge in [-0.05, 0) is 78.3 Å². The second-order valence-electron chi connectivity index (χ2n) is 10.3. The molecule has 2 aliphatic rings. The average molecular weight is 558 g/mol. The van der Waals surface area contributed by atoms with Gasteiger partial charge in [-0.15, -0.1) is 0 Å². The first-order chi connectivity index (χ1) is 19.3. The first-order valence-electron chi connectivity index (χ1n) is 13.1. The summed E-state index contributed by atoms with van der Waals surface area (Å²) in [6.45, 7) is 0.252. The predicted molar refractivity (Wildman–Crippen MR) is 149 cm³/mol. The summed E-state index contributed by atoms with van der Waals surface area (Å²) in [6, 6.07) is 20.0. The minimum Gasteiger partial charge on any atom is -0.368 e. The summed E-state index contributed by atoms with van der Waals surface area (Å²) < 4.78 is 42.2. The summed E-state index contributed by atoms with van der Waals surface area (Å²) in [5.74, 6) is -0.355. The van der Waals surface area contributed by atoms with Gasteiger partial charge in [-0.3, -0.25) is 4.79 Å². The first-order valence-corrected chi connectivity index (χ1v) is 14.6. The van der Waals surface area contributed by atoms with Gasteiger partial charge in [0.1, 0.15) is 5.82 Å². The Balaban J connectivity index is 1.29. The van der Waals surface area contributed by atoms with Crippen LogP contribution in [0.25, 0.3) is 0 Å². The van der Waals surface area contributed by atoms with Crippen molar-refractivity contribution < 1.29 is 17.6 Å². The number of carbonyl (C=O) groups is 1. The van der Waals surface area contributed by atoms with Gasteiger partial charge >= 0.3 is 0 Å². The highest BCUT2D eigenvalue weighted by Crippen LogP contribution is 2.49. The molecule has 6 rings (SSSR count). The fraction of sp³-hybridized carbons (Fsp3) is 0.233. The lowest BCUT2D eigenvalue weighted by molar-refractivity contribution is -0.120. The summed E-state index contributed by atoms with van der Waals surface area (Å²) in [5.41, 5.74) is 10.1. The normalized spacial score (nSPS) is 19.7. The van der Waals surface area contributed by atoms with Crippen molar-refractivity contribution in [3.63, 3.8) is 0 Å². The van der Waals surface area contributed by atoms with Gasteiger partial charge in [-0.25, -0.2) is 27.5 Å². The van der Waals surface area contributed by atoms with Crippen molar-refractivity contribution in [1.29, 1.82) is 0 Å². The lowest BCUT2D eigenvalue weighted by atomic mass is 10.1. The molecule has 204 valence electrons. The zero-order chi connectivity index (χ0) is 27.9. The number of aromatic nitrogens is 2. The maximum absolute atomic E-state index is 13.9. The van der Waals surface area contributed by atoms with Gasteiger partial charge in [0.05, 0.1) is 11.4 Å². The number of aryl methyl sites for hydroxylation is 1. The number of halogens is 1. The van der Waals surface area contributed by atoms with Crippen LogP contribution >= 0.6 is 0 Å². The molecular formula is C30H28FN5O3S. The number of nitrogens with one attached hydrogen (secondary N) is 1. The van der Waals surface area contributed by atoms with Crippen LogP contribution in [0.3, 0.4) is 0 Å². The fourth-order valence-corrected chi connectivity index (χ4v) is 6.66. The van der Waals surface area contributed by atoms with E-state index in [1.54, 1.807) is 17.3 Å². The molecule has 1 aromatic heterocycles. The zero-order valence-corrected chi connectivity index (χ0v) is 22.4. The monoisotopic (exact) mass is 557 g/mol. The summed E-state index contributed by atoms with van der Waals surface area (Å²) in [6.07, 6.45) is 5.26. The quantitative estimate of drug-likeness (QED) is 0.329. The third-order valence-electron chi connectivity index (χ3n) is 7.61. The molecule has 2 aliphatic carbocycles. The van der Waals surface area contributed by atoms with Gasteiger partial charge in [0.25, 0.3) is 0 Å². The van der Waals surface area contributed by atoms with Crippen LogP contribution in [0.15, 0.2) is 90.1 Å². The molecule has 0 saturated heterocycles. The highest BCUT2D eigenvalue weighted by Gasteiger charge is 2.46. The van der Waals surface area contributed by atoms with Gasteiger partial charge in [-0.1, -0.05) is 36.4 Å². The smallest absolute Gasteiger partial charge is 0.241 e. The number of sulfonamides is 1. The van der Waals surface area contributed by atoms with E-state index in [1.165, 1.54) is 12.1 Å². The summed E-state index contributed by atoms with van der Waals surface area (Å²) in [7, 11) is -3.87. The van der Waals surface area contributed by atoms with Crippen LogP contribution in [0, 0.1) is 11.7 Å². The molecule has 8 nitrogen and oxygen atoms in total. The summed E-state index contributed by atoms with van der Waals surface area (Å²) >= 11 is 0. The largest absolute Gasteiger partial charge is 0.368 e. The van der Waals surface area contributed by atoms with E-state index in [9.17, 15) is 17.6 Å². The third-order valence-corrected chi connectivity index (χ3v) is 9.10. The van der Waals surface area contributed by atoms with Crippen molar-refractivity contribution in [1.82, 2.24) is 14.7 Å². The van der Waals surface area contributed by atoms with Crippen molar-refractivity contribution in [3.8, 4) is 0 Å². The van der Waals surface area contributed by atoms with Gasteiger partial charge in [0.2, 0.25) is 21.9 Å². The fourth-order valence-electron chi connectivity index (χ4n) is 5.41. The molecule has 0 bridgehead atoms. The van der Waals surface area contributed by atoms with E-state index < -0.39 is 21.9 Å². The topological polar surface area (TPSA) is 118 Å². The number of hydrogen-bond donors (Lipinski definition) is 2. The van der Waals surface area contributed by atoms with Crippen LogP contribution in [0.4, 0.5) is 16.0 Å². The number of benzene rings is 3. The molecule has 0 spiro atoms. The van der Waals surface area contributed by atoms with E-state index in [1.807, 2.05) is 48.5 Å². The number of fused-ring (bicyclic) bond motifs is 1. The molecule has 10 heteroatoms. The molecule has 1 amide bonds. The molecule has 3 aromatic carbocycles. The number of rotatable bonds is 8. The van der Waals surface area contributed by atoms with Gasteiger partial charge in [0.15, 0.2) is 0 Å². The molecule has 40 heavy (non-hydrogen) atoms. The van der Waals surface area contributed by atoms with Crippen LogP contribution in [0.2, 0.25) is 0 Å². The van der Waals surface area contributed by atoms with E-state index in [4.69, 9.17) is 5.73 Å². The van der Waals surface area contributed by atoms with Gasteiger partial charge in [0, 0.05) is 35.6 Å². The van der Waals surface area contributed by atoms with Gasteiger partial charge in [-0.2, -0.15) is 0 Å². The molecule has 3 atom stereocenters. The van der Waals surface area contributed by atoms with Crippen molar-refractivity contribution in [3.05, 3.63) is 113 Å². The van der Waals surface area contributed by atoms with Crippen molar-refractivity contribution in [2.75, 3.05) is 10.6 Å². The Morgan fingerprint density at radius 1 is 1.02 bits per heavy atom. The SMILES string of the molecule is Nc1ncc(CN(C(=O)C2CC2c2ccccc2)c2ccc3c(c2)C(NS(=O)(=O)c2ccc(F)cc2)CC3)cn1.